The molecule has 0 aromatic heterocycles. The van der Waals surface area contributed by atoms with Crippen LogP contribution in [0.15, 0.2) is 103 Å². The first-order valence-electron chi connectivity index (χ1n) is 11.1. The van der Waals surface area contributed by atoms with Gasteiger partial charge in [0.2, 0.25) is 0 Å². The van der Waals surface area contributed by atoms with Crippen molar-refractivity contribution >= 4 is 6.29 Å². The lowest BCUT2D eigenvalue weighted by Gasteiger charge is -2.36. The summed E-state index contributed by atoms with van der Waals surface area (Å²) in [5.74, 6) is 0.237. The van der Waals surface area contributed by atoms with Crippen LogP contribution >= 0.6 is 0 Å². The van der Waals surface area contributed by atoms with Crippen molar-refractivity contribution in [2.45, 2.75) is 38.1 Å². The smallest absolute Gasteiger partial charge is 0.184 e. The largest absolute Gasteiger partial charge is 0.482 e. The van der Waals surface area contributed by atoms with Gasteiger partial charge in [-0.15, -0.1) is 0 Å². The number of ether oxygens (including phenoxy) is 4. The molecule has 1 heterocycles. The SMILES string of the molecule is O=CC1=C[C@@H](OCc2ccccc2)[C@H](OCc2ccccc2)[C@@H](COCc2ccccc2)O1. The Bertz CT molecular complexity index is 1000. The number of benzene rings is 3. The van der Waals surface area contributed by atoms with Gasteiger partial charge in [0.05, 0.1) is 26.4 Å². The molecule has 0 aliphatic carbocycles. The predicted molar refractivity (Wildman–Crippen MR) is 125 cm³/mol. The summed E-state index contributed by atoms with van der Waals surface area (Å²) in [7, 11) is 0. The Kier molecular flexibility index (Phi) is 8.42. The Balaban J connectivity index is 1.47. The molecule has 0 amide bonds. The van der Waals surface area contributed by atoms with Crippen LogP contribution in [-0.4, -0.2) is 31.2 Å². The summed E-state index contributed by atoms with van der Waals surface area (Å²) in [5, 5.41) is 0. The van der Waals surface area contributed by atoms with Gasteiger partial charge in [-0.2, -0.15) is 0 Å². The summed E-state index contributed by atoms with van der Waals surface area (Å²) in [6.07, 6.45) is 1.03. The maximum Gasteiger partial charge on any atom is 0.184 e. The summed E-state index contributed by atoms with van der Waals surface area (Å²) < 4.78 is 24.4. The van der Waals surface area contributed by atoms with E-state index in [1.807, 2.05) is 91.0 Å². The number of hydrogen-bond acceptors (Lipinski definition) is 5. The van der Waals surface area contributed by atoms with E-state index < -0.39 is 18.3 Å². The van der Waals surface area contributed by atoms with Crippen LogP contribution in [0.4, 0.5) is 0 Å². The van der Waals surface area contributed by atoms with Crippen molar-refractivity contribution < 1.29 is 23.7 Å². The van der Waals surface area contributed by atoms with Crippen LogP contribution in [0.5, 0.6) is 0 Å². The van der Waals surface area contributed by atoms with Gasteiger partial charge in [-0.1, -0.05) is 91.0 Å². The normalized spacial score (nSPS) is 20.0. The Morgan fingerprint density at radius 1 is 0.697 bits per heavy atom. The van der Waals surface area contributed by atoms with E-state index >= 15 is 0 Å². The molecule has 5 nitrogen and oxygen atoms in total. The molecule has 0 saturated carbocycles. The van der Waals surface area contributed by atoms with Crippen LogP contribution in [0.25, 0.3) is 0 Å². The Labute approximate surface area is 194 Å². The number of aldehydes is 1. The molecule has 3 atom stereocenters. The van der Waals surface area contributed by atoms with Gasteiger partial charge in [-0.25, -0.2) is 0 Å². The fourth-order valence-electron chi connectivity index (χ4n) is 3.69. The second-order valence-electron chi connectivity index (χ2n) is 7.87. The number of carbonyl (C=O) groups is 1. The standard InChI is InChI=1S/C28H28O5/c29-17-25-16-26(31-19-23-12-6-2-7-13-23)28(32-20-24-14-8-3-9-15-24)27(33-25)21-30-18-22-10-4-1-5-11-22/h1-17,26-28H,18-21H2/t26-,27-,28+/m1/s1. The van der Waals surface area contributed by atoms with E-state index in [0.717, 1.165) is 16.7 Å². The van der Waals surface area contributed by atoms with Crippen molar-refractivity contribution in [2.75, 3.05) is 6.61 Å². The van der Waals surface area contributed by atoms with E-state index in [9.17, 15) is 4.79 Å². The van der Waals surface area contributed by atoms with Crippen LogP contribution < -0.4 is 0 Å². The fourth-order valence-corrected chi connectivity index (χ4v) is 3.69. The van der Waals surface area contributed by atoms with Gasteiger partial charge in [-0.05, 0) is 22.8 Å². The van der Waals surface area contributed by atoms with Crippen molar-refractivity contribution in [1.82, 2.24) is 0 Å². The summed E-state index contributed by atoms with van der Waals surface area (Å²) in [4.78, 5) is 11.6. The number of rotatable bonds is 11. The van der Waals surface area contributed by atoms with Gasteiger partial charge in [0.25, 0.3) is 0 Å². The second kappa shape index (κ2) is 12.1. The van der Waals surface area contributed by atoms with E-state index in [-0.39, 0.29) is 12.4 Å². The molecule has 0 radical (unpaired) electrons. The molecule has 1 aliphatic heterocycles. The molecule has 4 rings (SSSR count). The van der Waals surface area contributed by atoms with Crippen molar-refractivity contribution in [3.8, 4) is 0 Å². The third-order valence-corrected chi connectivity index (χ3v) is 5.39. The Morgan fingerprint density at radius 2 is 1.21 bits per heavy atom. The third-order valence-electron chi connectivity index (χ3n) is 5.39. The lowest BCUT2D eigenvalue weighted by Crippen LogP contribution is -2.47. The summed E-state index contributed by atoms with van der Waals surface area (Å²) in [5.41, 5.74) is 3.16. The highest BCUT2D eigenvalue weighted by atomic mass is 16.6. The third kappa shape index (κ3) is 6.86. The first-order valence-corrected chi connectivity index (χ1v) is 11.1. The van der Waals surface area contributed by atoms with E-state index in [0.29, 0.717) is 26.1 Å². The molecule has 0 bridgehead atoms. The predicted octanol–water partition coefficient (Wildman–Crippen LogP) is 4.86. The van der Waals surface area contributed by atoms with Crippen LogP contribution in [0.3, 0.4) is 0 Å². The minimum atomic E-state index is -0.483. The average molecular weight is 445 g/mol. The van der Waals surface area contributed by atoms with Crippen LogP contribution in [0.1, 0.15) is 16.7 Å². The monoisotopic (exact) mass is 444 g/mol. The molecule has 5 heteroatoms. The maximum atomic E-state index is 11.6. The fraction of sp³-hybridized carbons (Fsp3) is 0.250. The van der Waals surface area contributed by atoms with Crippen LogP contribution in [0.2, 0.25) is 0 Å². The summed E-state index contributed by atoms with van der Waals surface area (Å²) in [6.45, 7) is 1.52. The molecule has 0 fully saturated rings. The molecular formula is C28H28O5. The lowest BCUT2D eigenvalue weighted by molar-refractivity contribution is -0.155. The number of allylic oxidation sites excluding steroid dienone is 1. The molecule has 0 spiro atoms. The number of hydrogen-bond donors (Lipinski definition) is 0. The first-order chi connectivity index (χ1) is 16.3. The first kappa shape index (κ1) is 22.9. The number of carbonyl (C=O) groups excluding carboxylic acids is 1. The minimum absolute atomic E-state index is 0.237. The van der Waals surface area contributed by atoms with Gasteiger partial charge < -0.3 is 18.9 Å². The Hall–Kier alpha value is -3.25. The zero-order valence-electron chi connectivity index (χ0n) is 18.4. The van der Waals surface area contributed by atoms with Gasteiger partial charge in [0.1, 0.15) is 12.2 Å². The zero-order valence-corrected chi connectivity index (χ0v) is 18.4. The highest BCUT2D eigenvalue weighted by molar-refractivity contribution is 5.70. The average Bonchev–Trinajstić information content (AvgIpc) is 2.88. The molecule has 0 N–H and O–H groups in total. The van der Waals surface area contributed by atoms with Crippen molar-refractivity contribution in [3.63, 3.8) is 0 Å². The molecule has 3 aromatic rings. The van der Waals surface area contributed by atoms with E-state index in [1.54, 1.807) is 6.08 Å². The van der Waals surface area contributed by atoms with Gasteiger partial charge in [-0.3, -0.25) is 4.79 Å². The molecule has 33 heavy (non-hydrogen) atoms. The summed E-state index contributed by atoms with van der Waals surface area (Å²) in [6, 6.07) is 29.8. The highest BCUT2D eigenvalue weighted by Crippen LogP contribution is 2.25. The van der Waals surface area contributed by atoms with Crippen LogP contribution in [-0.2, 0) is 43.6 Å². The van der Waals surface area contributed by atoms with Crippen LogP contribution in [0, 0.1) is 0 Å². The highest BCUT2D eigenvalue weighted by Gasteiger charge is 2.37. The molecule has 3 aromatic carbocycles. The second-order valence-corrected chi connectivity index (χ2v) is 7.87. The van der Waals surface area contributed by atoms with Crippen molar-refractivity contribution in [2.24, 2.45) is 0 Å². The van der Waals surface area contributed by atoms with Gasteiger partial charge in [0.15, 0.2) is 18.1 Å². The van der Waals surface area contributed by atoms with E-state index in [4.69, 9.17) is 18.9 Å². The quantitative estimate of drug-likeness (QED) is 0.396. The Morgan fingerprint density at radius 3 is 1.76 bits per heavy atom. The molecular weight excluding hydrogens is 416 g/mol. The van der Waals surface area contributed by atoms with Crippen molar-refractivity contribution in [3.05, 3.63) is 120 Å². The zero-order chi connectivity index (χ0) is 22.7. The van der Waals surface area contributed by atoms with Gasteiger partial charge >= 0.3 is 0 Å². The lowest BCUT2D eigenvalue weighted by atomic mass is 10.0. The van der Waals surface area contributed by atoms with Gasteiger partial charge in [0, 0.05) is 0 Å². The topological polar surface area (TPSA) is 54.0 Å². The maximum absolute atomic E-state index is 11.6. The minimum Gasteiger partial charge on any atom is -0.482 e. The van der Waals surface area contributed by atoms with E-state index in [1.165, 1.54) is 0 Å². The molecule has 1 aliphatic rings. The summed E-state index contributed by atoms with van der Waals surface area (Å²) >= 11 is 0. The molecule has 0 saturated heterocycles. The molecule has 0 unspecified atom stereocenters. The molecule has 170 valence electrons. The van der Waals surface area contributed by atoms with Crippen molar-refractivity contribution in [1.29, 1.82) is 0 Å². The van der Waals surface area contributed by atoms with E-state index in [2.05, 4.69) is 0 Å².